The van der Waals surface area contributed by atoms with Crippen LogP contribution < -0.4 is 10.2 Å². The molecule has 1 aromatic carbocycles. The molecule has 3 heterocycles. The number of hydrogen-bond acceptors (Lipinski definition) is 5. The van der Waals surface area contributed by atoms with Crippen LogP contribution >= 0.6 is 0 Å². The van der Waals surface area contributed by atoms with Crippen LogP contribution in [0.3, 0.4) is 0 Å². The maximum atomic E-state index is 12.5. The van der Waals surface area contributed by atoms with Crippen molar-refractivity contribution in [1.29, 1.82) is 0 Å². The number of amides is 1. The lowest BCUT2D eigenvalue weighted by Crippen LogP contribution is -2.33. The van der Waals surface area contributed by atoms with Gasteiger partial charge >= 0.3 is 0 Å². The van der Waals surface area contributed by atoms with Crippen LogP contribution in [0.1, 0.15) is 36.0 Å². The fraction of sp³-hybridized carbons (Fsp3) is 0.526. The zero-order valence-corrected chi connectivity index (χ0v) is 14.6. The van der Waals surface area contributed by atoms with Crippen molar-refractivity contribution in [3.63, 3.8) is 0 Å². The van der Waals surface area contributed by atoms with E-state index in [1.165, 1.54) is 25.7 Å². The Labute approximate surface area is 148 Å². The Hall–Kier alpha value is -2.21. The quantitative estimate of drug-likeness (QED) is 0.903. The first kappa shape index (κ1) is 16.3. The minimum atomic E-state index is -0.0164. The molecule has 4 rings (SSSR count). The van der Waals surface area contributed by atoms with E-state index in [1.54, 1.807) is 6.33 Å². The largest absolute Gasteiger partial charge is 0.356 e. The molecule has 2 aliphatic rings. The van der Waals surface area contributed by atoms with Crippen molar-refractivity contribution in [2.75, 3.05) is 44.2 Å². The van der Waals surface area contributed by atoms with E-state index in [9.17, 15) is 4.79 Å². The number of carbonyl (C=O) groups excluding carboxylic acids is 1. The van der Waals surface area contributed by atoms with Gasteiger partial charge in [0.1, 0.15) is 12.1 Å². The van der Waals surface area contributed by atoms with Crippen LogP contribution in [0.4, 0.5) is 5.82 Å². The molecule has 0 unspecified atom stereocenters. The van der Waals surface area contributed by atoms with E-state index in [2.05, 4.69) is 25.1 Å². The summed E-state index contributed by atoms with van der Waals surface area (Å²) in [6.07, 6.45) is 6.56. The molecule has 0 bridgehead atoms. The molecular weight excluding hydrogens is 314 g/mol. The molecule has 0 saturated carbocycles. The number of aromatic nitrogens is 2. The summed E-state index contributed by atoms with van der Waals surface area (Å²) < 4.78 is 0. The Kier molecular flexibility index (Phi) is 4.78. The summed E-state index contributed by atoms with van der Waals surface area (Å²) >= 11 is 0. The number of benzene rings is 1. The average molecular weight is 339 g/mol. The number of fused-ring (bicyclic) bond motifs is 1. The average Bonchev–Trinajstić information content (AvgIpc) is 3.34. The third-order valence-corrected chi connectivity index (χ3v) is 5.19. The summed E-state index contributed by atoms with van der Waals surface area (Å²) in [4.78, 5) is 26.0. The number of anilines is 1. The lowest BCUT2D eigenvalue weighted by atomic mass is 10.1. The number of nitrogens with one attached hydrogen (secondary N) is 1. The fourth-order valence-corrected chi connectivity index (χ4v) is 3.80. The third-order valence-electron chi connectivity index (χ3n) is 5.19. The van der Waals surface area contributed by atoms with Gasteiger partial charge in [-0.3, -0.25) is 4.79 Å². The molecule has 132 valence electrons. The maximum Gasteiger partial charge on any atom is 0.251 e. The van der Waals surface area contributed by atoms with Gasteiger partial charge in [0, 0.05) is 37.1 Å². The second-order valence-corrected chi connectivity index (χ2v) is 6.93. The molecule has 0 aliphatic carbocycles. The number of carbonyl (C=O) groups is 1. The molecule has 0 atom stereocenters. The summed E-state index contributed by atoms with van der Waals surface area (Å²) in [6, 6.07) is 5.72. The van der Waals surface area contributed by atoms with Crippen LogP contribution in [0.15, 0.2) is 24.5 Å². The Morgan fingerprint density at radius 2 is 1.80 bits per heavy atom. The normalized spacial score (nSPS) is 18.2. The molecule has 1 aromatic heterocycles. The molecule has 25 heavy (non-hydrogen) atoms. The molecule has 2 aromatic rings. The van der Waals surface area contributed by atoms with Crippen LogP contribution in [0.2, 0.25) is 0 Å². The Balaban J connectivity index is 1.49. The van der Waals surface area contributed by atoms with Crippen molar-refractivity contribution in [3.05, 3.63) is 30.1 Å². The highest BCUT2D eigenvalue weighted by molar-refractivity contribution is 6.00. The summed E-state index contributed by atoms with van der Waals surface area (Å²) in [7, 11) is 0. The molecular formula is C19H25N5O. The van der Waals surface area contributed by atoms with Gasteiger partial charge in [-0.15, -0.1) is 0 Å². The molecule has 6 heteroatoms. The van der Waals surface area contributed by atoms with E-state index in [0.717, 1.165) is 49.4 Å². The van der Waals surface area contributed by atoms with Crippen LogP contribution in [-0.4, -0.2) is 60.0 Å². The van der Waals surface area contributed by atoms with Crippen LogP contribution in [0.25, 0.3) is 10.9 Å². The zero-order valence-electron chi connectivity index (χ0n) is 14.6. The first-order valence-corrected chi connectivity index (χ1v) is 9.31. The van der Waals surface area contributed by atoms with Crippen LogP contribution in [-0.2, 0) is 0 Å². The lowest BCUT2D eigenvalue weighted by Gasteiger charge is -2.18. The zero-order chi connectivity index (χ0) is 17.1. The molecule has 1 N–H and O–H groups in total. The molecule has 2 fully saturated rings. The number of rotatable bonds is 5. The third kappa shape index (κ3) is 3.58. The van der Waals surface area contributed by atoms with E-state index in [4.69, 9.17) is 0 Å². The first-order valence-electron chi connectivity index (χ1n) is 9.31. The Bertz CT molecular complexity index is 751. The Morgan fingerprint density at radius 3 is 2.60 bits per heavy atom. The SMILES string of the molecule is O=C(NCCN1CCCC1)c1ccc2ncnc(N3CCCC3)c2c1. The smallest absolute Gasteiger partial charge is 0.251 e. The van der Waals surface area contributed by atoms with E-state index in [-0.39, 0.29) is 5.91 Å². The maximum absolute atomic E-state index is 12.5. The van der Waals surface area contributed by atoms with E-state index < -0.39 is 0 Å². The first-order chi connectivity index (χ1) is 12.3. The van der Waals surface area contributed by atoms with Crippen LogP contribution in [0, 0.1) is 0 Å². The number of likely N-dealkylation sites (tertiary alicyclic amines) is 1. The van der Waals surface area contributed by atoms with Crippen molar-refractivity contribution in [1.82, 2.24) is 20.2 Å². The van der Waals surface area contributed by atoms with Gasteiger partial charge in [-0.25, -0.2) is 9.97 Å². The standard InChI is InChI=1S/C19H25N5O/c25-19(20-7-12-23-8-1-2-9-23)15-5-6-17-16(13-15)18(22-14-21-17)24-10-3-4-11-24/h5-6,13-14H,1-4,7-12H2,(H,20,25). The van der Waals surface area contributed by atoms with Gasteiger partial charge in [-0.1, -0.05) is 0 Å². The van der Waals surface area contributed by atoms with E-state index in [0.29, 0.717) is 12.1 Å². The highest BCUT2D eigenvalue weighted by Crippen LogP contribution is 2.26. The minimum Gasteiger partial charge on any atom is -0.356 e. The van der Waals surface area contributed by atoms with Crippen LogP contribution in [0.5, 0.6) is 0 Å². The number of nitrogens with zero attached hydrogens (tertiary/aromatic N) is 4. The van der Waals surface area contributed by atoms with Gasteiger partial charge in [0.2, 0.25) is 0 Å². The van der Waals surface area contributed by atoms with Crippen molar-refractivity contribution in [2.45, 2.75) is 25.7 Å². The molecule has 6 nitrogen and oxygen atoms in total. The summed E-state index contributed by atoms with van der Waals surface area (Å²) in [5.74, 6) is 0.937. The van der Waals surface area contributed by atoms with E-state index in [1.807, 2.05) is 18.2 Å². The van der Waals surface area contributed by atoms with Gasteiger partial charge < -0.3 is 15.1 Å². The number of hydrogen-bond donors (Lipinski definition) is 1. The monoisotopic (exact) mass is 339 g/mol. The topological polar surface area (TPSA) is 61.4 Å². The molecule has 2 saturated heterocycles. The molecule has 0 spiro atoms. The van der Waals surface area contributed by atoms with Crippen molar-refractivity contribution >= 4 is 22.6 Å². The molecule has 1 amide bonds. The van der Waals surface area contributed by atoms with Crippen molar-refractivity contribution in [3.8, 4) is 0 Å². The fourth-order valence-electron chi connectivity index (χ4n) is 3.80. The van der Waals surface area contributed by atoms with Crippen molar-refractivity contribution in [2.24, 2.45) is 0 Å². The van der Waals surface area contributed by atoms with Gasteiger partial charge in [0.25, 0.3) is 5.91 Å². The molecule has 2 aliphatic heterocycles. The highest BCUT2D eigenvalue weighted by atomic mass is 16.1. The summed E-state index contributed by atoms with van der Waals surface area (Å²) in [5.41, 5.74) is 1.58. The lowest BCUT2D eigenvalue weighted by molar-refractivity contribution is 0.0950. The van der Waals surface area contributed by atoms with Crippen molar-refractivity contribution < 1.29 is 4.79 Å². The minimum absolute atomic E-state index is 0.0164. The second-order valence-electron chi connectivity index (χ2n) is 6.93. The van der Waals surface area contributed by atoms with Gasteiger partial charge in [0.15, 0.2) is 0 Å². The van der Waals surface area contributed by atoms with Gasteiger partial charge in [-0.05, 0) is 57.0 Å². The van der Waals surface area contributed by atoms with E-state index >= 15 is 0 Å². The summed E-state index contributed by atoms with van der Waals surface area (Å²) in [5, 5.41) is 4.01. The highest BCUT2D eigenvalue weighted by Gasteiger charge is 2.18. The second kappa shape index (κ2) is 7.35. The molecule has 0 radical (unpaired) electrons. The predicted octanol–water partition coefficient (Wildman–Crippen LogP) is 2.06. The Morgan fingerprint density at radius 1 is 1.04 bits per heavy atom. The predicted molar refractivity (Wildman–Crippen MR) is 99.0 cm³/mol. The van der Waals surface area contributed by atoms with Gasteiger partial charge in [-0.2, -0.15) is 0 Å². The summed E-state index contributed by atoms with van der Waals surface area (Å²) in [6.45, 7) is 5.99. The van der Waals surface area contributed by atoms with Gasteiger partial charge in [0.05, 0.1) is 5.52 Å².